The largest absolute Gasteiger partial charge is 0.393 e. The van der Waals surface area contributed by atoms with Gasteiger partial charge in [0.15, 0.2) is 0 Å². The zero-order chi connectivity index (χ0) is 13.7. The number of amides is 1. The summed E-state index contributed by atoms with van der Waals surface area (Å²) < 4.78 is 0.922. The Hall–Kier alpha value is -0.940. The van der Waals surface area contributed by atoms with Gasteiger partial charge in [-0.2, -0.15) is 0 Å². The lowest BCUT2D eigenvalue weighted by atomic mass is 10.0. The molecule has 0 spiro atoms. The molecule has 0 saturated heterocycles. The molecule has 0 aromatic heterocycles. The van der Waals surface area contributed by atoms with E-state index in [-0.39, 0.29) is 10.9 Å². The van der Waals surface area contributed by atoms with E-state index in [1.54, 1.807) is 0 Å². The van der Waals surface area contributed by atoms with E-state index in [2.05, 4.69) is 21.2 Å². The van der Waals surface area contributed by atoms with E-state index in [1.807, 2.05) is 32.0 Å². The van der Waals surface area contributed by atoms with Gasteiger partial charge in [-0.15, -0.1) is 0 Å². The zero-order valence-electron chi connectivity index (χ0n) is 10.5. The third-order valence-electron chi connectivity index (χ3n) is 2.69. The first-order valence-corrected chi connectivity index (χ1v) is 7.02. The van der Waals surface area contributed by atoms with E-state index in [1.165, 1.54) is 0 Å². The second-order valence-electron chi connectivity index (χ2n) is 4.19. The summed E-state index contributed by atoms with van der Waals surface area (Å²) in [5.74, 6) is -0.533. The predicted octanol–water partition coefficient (Wildman–Crippen LogP) is 3.40. The Morgan fingerprint density at radius 1 is 1.56 bits per heavy atom. The molecule has 1 rings (SSSR count). The van der Waals surface area contributed by atoms with Gasteiger partial charge in [-0.3, -0.25) is 4.79 Å². The van der Waals surface area contributed by atoms with E-state index in [0.717, 1.165) is 22.1 Å². The van der Waals surface area contributed by atoms with Crippen LogP contribution in [0.4, 0.5) is 5.69 Å². The summed E-state index contributed by atoms with van der Waals surface area (Å²) in [7, 11) is 0. The lowest BCUT2D eigenvalue weighted by Crippen LogP contribution is -2.33. The summed E-state index contributed by atoms with van der Waals surface area (Å²) in [6.45, 7) is 3.94. The van der Waals surface area contributed by atoms with Crippen LogP contribution in [-0.2, 0) is 4.79 Å². The molecule has 1 amide bonds. The van der Waals surface area contributed by atoms with E-state index >= 15 is 0 Å². The number of aryl methyl sites for hydroxylation is 1. The van der Waals surface area contributed by atoms with Crippen molar-refractivity contribution in [1.29, 1.82) is 0 Å². The number of rotatable bonds is 5. The quantitative estimate of drug-likeness (QED) is 0.814. The second-order valence-corrected chi connectivity index (χ2v) is 5.58. The zero-order valence-corrected chi connectivity index (χ0v) is 12.9. The van der Waals surface area contributed by atoms with Gasteiger partial charge >= 0.3 is 0 Å². The number of anilines is 1. The average Bonchev–Trinajstić information content (AvgIpc) is 2.30. The molecule has 1 atom stereocenters. The van der Waals surface area contributed by atoms with Crippen LogP contribution in [0.3, 0.4) is 0 Å². The van der Waals surface area contributed by atoms with Crippen molar-refractivity contribution in [2.75, 3.05) is 5.32 Å². The minimum absolute atomic E-state index is 0.134. The van der Waals surface area contributed by atoms with E-state index in [9.17, 15) is 4.79 Å². The third kappa shape index (κ3) is 4.07. The number of hydrogen-bond acceptors (Lipinski definition) is 2. The number of benzene rings is 1. The average molecular weight is 329 g/mol. The molecule has 0 radical (unpaired) electrons. The number of carbonyl (C=O) groups excluding carboxylic acids is 1. The Bertz CT molecular complexity index is 462. The molecule has 0 heterocycles. The lowest BCUT2D eigenvalue weighted by molar-refractivity contribution is -0.118. The summed E-state index contributed by atoms with van der Waals surface area (Å²) in [5.41, 5.74) is 7.40. The van der Waals surface area contributed by atoms with Crippen LogP contribution in [0.25, 0.3) is 0 Å². The van der Waals surface area contributed by atoms with Crippen LogP contribution in [0.2, 0.25) is 0 Å². The van der Waals surface area contributed by atoms with Gasteiger partial charge in [0.1, 0.15) is 0 Å². The number of carbonyl (C=O) groups is 1. The summed E-state index contributed by atoms with van der Waals surface area (Å²) in [4.78, 5) is 12.4. The van der Waals surface area contributed by atoms with E-state index < -0.39 is 5.92 Å². The van der Waals surface area contributed by atoms with Crippen LogP contribution in [-0.4, -0.2) is 10.9 Å². The van der Waals surface area contributed by atoms with Gasteiger partial charge in [0.25, 0.3) is 0 Å². The summed E-state index contributed by atoms with van der Waals surface area (Å²) in [5, 5.41) is 2.88. The van der Waals surface area contributed by atoms with Crippen LogP contribution in [0.5, 0.6) is 0 Å². The van der Waals surface area contributed by atoms with Crippen LogP contribution in [0.1, 0.15) is 25.3 Å². The molecule has 0 aliphatic heterocycles. The summed E-state index contributed by atoms with van der Waals surface area (Å²) in [6, 6.07) is 5.74. The van der Waals surface area contributed by atoms with Crippen LogP contribution in [0.15, 0.2) is 22.7 Å². The highest BCUT2D eigenvalue weighted by atomic mass is 79.9. The molecule has 1 unspecified atom stereocenters. The molecule has 1 aromatic rings. The minimum atomic E-state index is -0.400. The third-order valence-corrected chi connectivity index (χ3v) is 3.47. The Labute approximate surface area is 121 Å². The Morgan fingerprint density at radius 2 is 2.22 bits per heavy atom. The highest BCUT2D eigenvalue weighted by Crippen LogP contribution is 2.21. The first kappa shape index (κ1) is 15.1. The summed E-state index contributed by atoms with van der Waals surface area (Å²) >= 11 is 8.32. The van der Waals surface area contributed by atoms with E-state index in [4.69, 9.17) is 18.0 Å². The number of halogens is 1. The number of nitrogens with two attached hydrogens (primary N) is 1. The molecule has 1 aromatic carbocycles. The standard InChI is InChI=1S/C13H17BrN2OS/c1-3-4-10(12(15)18)13(17)16-11-7-9(14)6-5-8(11)2/h5-7,10H,3-4H2,1-2H3,(H2,15,18)(H,16,17). The van der Waals surface area contributed by atoms with Gasteiger partial charge in [-0.1, -0.05) is 47.6 Å². The highest BCUT2D eigenvalue weighted by molar-refractivity contribution is 9.10. The van der Waals surface area contributed by atoms with Crippen LogP contribution in [0, 0.1) is 12.8 Å². The van der Waals surface area contributed by atoms with Crippen molar-refractivity contribution in [3.63, 3.8) is 0 Å². The molecule has 18 heavy (non-hydrogen) atoms. The highest BCUT2D eigenvalue weighted by Gasteiger charge is 2.20. The first-order valence-electron chi connectivity index (χ1n) is 5.82. The Morgan fingerprint density at radius 3 is 2.78 bits per heavy atom. The van der Waals surface area contributed by atoms with Gasteiger partial charge in [0.2, 0.25) is 5.91 Å². The molecule has 5 heteroatoms. The van der Waals surface area contributed by atoms with Gasteiger partial charge in [0.05, 0.1) is 10.9 Å². The predicted molar refractivity (Wildman–Crippen MR) is 82.7 cm³/mol. The van der Waals surface area contributed by atoms with E-state index in [0.29, 0.717) is 6.42 Å². The second kappa shape index (κ2) is 6.85. The van der Waals surface area contributed by atoms with Crippen molar-refractivity contribution in [3.05, 3.63) is 28.2 Å². The van der Waals surface area contributed by atoms with Gasteiger partial charge < -0.3 is 11.1 Å². The fraction of sp³-hybridized carbons (Fsp3) is 0.385. The molecule has 0 bridgehead atoms. The van der Waals surface area contributed by atoms with Crippen molar-refractivity contribution in [2.45, 2.75) is 26.7 Å². The SMILES string of the molecule is CCCC(C(=O)Nc1cc(Br)ccc1C)C(N)=S. The van der Waals surface area contributed by atoms with Crippen molar-refractivity contribution in [3.8, 4) is 0 Å². The molecule has 0 fully saturated rings. The minimum Gasteiger partial charge on any atom is -0.393 e. The molecule has 3 nitrogen and oxygen atoms in total. The maximum Gasteiger partial charge on any atom is 0.234 e. The lowest BCUT2D eigenvalue weighted by Gasteiger charge is -2.16. The van der Waals surface area contributed by atoms with Crippen molar-refractivity contribution >= 4 is 44.7 Å². The number of nitrogens with one attached hydrogen (secondary N) is 1. The van der Waals surface area contributed by atoms with Crippen LogP contribution < -0.4 is 11.1 Å². The fourth-order valence-corrected chi connectivity index (χ4v) is 2.23. The maximum absolute atomic E-state index is 12.1. The molecule has 3 N–H and O–H groups in total. The monoisotopic (exact) mass is 328 g/mol. The van der Waals surface area contributed by atoms with Crippen LogP contribution >= 0.6 is 28.1 Å². The first-order chi connectivity index (χ1) is 8.45. The smallest absolute Gasteiger partial charge is 0.234 e. The fourth-order valence-electron chi connectivity index (χ4n) is 1.64. The normalized spacial score (nSPS) is 11.9. The van der Waals surface area contributed by atoms with Crippen molar-refractivity contribution < 1.29 is 4.79 Å². The molecule has 98 valence electrons. The maximum atomic E-state index is 12.1. The topological polar surface area (TPSA) is 55.1 Å². The molecular formula is C13H17BrN2OS. The molecule has 0 aliphatic carbocycles. The molecular weight excluding hydrogens is 312 g/mol. The van der Waals surface area contributed by atoms with Crippen molar-refractivity contribution in [2.24, 2.45) is 11.7 Å². The molecule has 0 aliphatic rings. The van der Waals surface area contributed by atoms with Gasteiger partial charge in [-0.05, 0) is 31.0 Å². The summed E-state index contributed by atoms with van der Waals surface area (Å²) in [6.07, 6.45) is 1.54. The van der Waals surface area contributed by atoms with Gasteiger partial charge in [-0.25, -0.2) is 0 Å². The van der Waals surface area contributed by atoms with Gasteiger partial charge in [0, 0.05) is 10.2 Å². The Balaban J connectivity index is 2.85. The Kier molecular flexibility index (Phi) is 5.75. The molecule has 0 saturated carbocycles. The number of thiocarbonyl (C=S) groups is 1. The van der Waals surface area contributed by atoms with Crippen molar-refractivity contribution in [1.82, 2.24) is 0 Å². The number of hydrogen-bond donors (Lipinski definition) is 2.